The van der Waals surface area contributed by atoms with Gasteiger partial charge in [-0.25, -0.2) is 4.39 Å². The monoisotopic (exact) mass is 418 g/mol. The lowest BCUT2D eigenvalue weighted by Gasteiger charge is -2.33. The number of fused-ring (bicyclic) bond motifs is 1. The minimum absolute atomic E-state index is 0.00740. The van der Waals surface area contributed by atoms with Crippen LogP contribution in [0.2, 0.25) is 0 Å². The van der Waals surface area contributed by atoms with Crippen LogP contribution >= 0.6 is 0 Å². The van der Waals surface area contributed by atoms with Crippen LogP contribution in [0.3, 0.4) is 0 Å². The highest BCUT2D eigenvalue weighted by atomic mass is 19.1. The van der Waals surface area contributed by atoms with Gasteiger partial charge in [0.25, 0.3) is 5.91 Å². The summed E-state index contributed by atoms with van der Waals surface area (Å²) in [6.45, 7) is 1.54. The molecule has 0 spiro atoms. The number of hydrogen-bond acceptors (Lipinski definition) is 4. The number of nitrogens with one attached hydrogen (secondary N) is 2. The molecule has 0 radical (unpaired) electrons. The number of hydrogen-bond donors (Lipinski definition) is 2. The predicted molar refractivity (Wildman–Crippen MR) is 117 cm³/mol. The van der Waals surface area contributed by atoms with E-state index in [9.17, 15) is 9.18 Å². The number of anilines is 1. The minimum Gasteiger partial charge on any atom is -0.353 e. The normalized spacial score (nSPS) is 16.6. The van der Waals surface area contributed by atoms with Crippen LogP contribution in [0.15, 0.2) is 54.6 Å². The number of para-hydroxylation sites is 1. The SMILES string of the molecule is Cn1nc(C(=O)NC2CCCN(c3cc(-c4ccc(F)cc4)[nH]n3)C2)c2ccccc21. The highest BCUT2D eigenvalue weighted by Gasteiger charge is 2.25. The highest BCUT2D eigenvalue weighted by molar-refractivity contribution is 6.05. The van der Waals surface area contributed by atoms with Crippen molar-refractivity contribution in [2.45, 2.75) is 18.9 Å². The van der Waals surface area contributed by atoms with Crippen LogP contribution in [0.5, 0.6) is 0 Å². The molecule has 1 atom stereocenters. The van der Waals surface area contributed by atoms with Crippen molar-refractivity contribution < 1.29 is 9.18 Å². The van der Waals surface area contributed by atoms with Gasteiger partial charge in [-0.1, -0.05) is 18.2 Å². The fourth-order valence-corrected chi connectivity index (χ4v) is 4.19. The first kappa shape index (κ1) is 19.3. The quantitative estimate of drug-likeness (QED) is 0.532. The van der Waals surface area contributed by atoms with E-state index in [2.05, 4.69) is 25.5 Å². The number of aryl methyl sites for hydroxylation is 1. The van der Waals surface area contributed by atoms with Crippen LogP contribution in [0, 0.1) is 5.82 Å². The Morgan fingerprint density at radius 2 is 2.00 bits per heavy atom. The van der Waals surface area contributed by atoms with Crippen LogP contribution in [0.25, 0.3) is 22.2 Å². The molecule has 158 valence electrons. The lowest BCUT2D eigenvalue weighted by atomic mass is 10.0. The number of aromatic amines is 1. The number of benzene rings is 2. The van der Waals surface area contributed by atoms with E-state index in [4.69, 9.17) is 0 Å². The van der Waals surface area contributed by atoms with Crippen molar-refractivity contribution in [3.8, 4) is 11.3 Å². The van der Waals surface area contributed by atoms with E-state index in [1.165, 1.54) is 12.1 Å². The van der Waals surface area contributed by atoms with Crippen LogP contribution in [-0.4, -0.2) is 45.0 Å². The standard InChI is InChI=1S/C23H23FN6O/c1-29-20-7-3-2-6-18(20)22(28-29)23(31)25-17-5-4-12-30(14-17)21-13-19(26-27-21)15-8-10-16(24)11-9-15/h2-3,6-11,13,17H,4-5,12,14H2,1H3,(H,25,31)(H,26,27). The van der Waals surface area contributed by atoms with Crippen molar-refractivity contribution in [2.75, 3.05) is 18.0 Å². The average molecular weight is 418 g/mol. The first-order chi connectivity index (χ1) is 15.1. The van der Waals surface area contributed by atoms with Gasteiger partial charge in [-0.3, -0.25) is 14.6 Å². The molecule has 31 heavy (non-hydrogen) atoms. The van der Waals surface area contributed by atoms with E-state index in [0.29, 0.717) is 12.2 Å². The molecule has 0 saturated carbocycles. The fraction of sp³-hybridized carbons (Fsp3) is 0.261. The molecule has 1 amide bonds. The Hall–Kier alpha value is -3.68. The average Bonchev–Trinajstić information content (AvgIpc) is 3.40. The lowest BCUT2D eigenvalue weighted by Crippen LogP contribution is -2.48. The van der Waals surface area contributed by atoms with Gasteiger partial charge in [0.15, 0.2) is 11.5 Å². The van der Waals surface area contributed by atoms with E-state index in [1.807, 2.05) is 37.4 Å². The van der Waals surface area contributed by atoms with Gasteiger partial charge in [-0.05, 0) is 48.7 Å². The third-order valence-electron chi connectivity index (χ3n) is 5.77. The Labute approximate surface area is 178 Å². The second-order valence-electron chi connectivity index (χ2n) is 7.89. The van der Waals surface area contributed by atoms with Crippen molar-refractivity contribution in [3.05, 3.63) is 66.1 Å². The summed E-state index contributed by atoms with van der Waals surface area (Å²) in [5.74, 6) is 0.401. The molecule has 8 heteroatoms. The molecule has 2 aromatic heterocycles. The summed E-state index contributed by atoms with van der Waals surface area (Å²) in [4.78, 5) is 15.1. The number of amides is 1. The number of carbonyl (C=O) groups excluding carboxylic acids is 1. The molecule has 1 unspecified atom stereocenters. The van der Waals surface area contributed by atoms with E-state index < -0.39 is 0 Å². The fourth-order valence-electron chi connectivity index (χ4n) is 4.19. The first-order valence-electron chi connectivity index (χ1n) is 10.4. The van der Waals surface area contributed by atoms with Crippen LogP contribution in [0.4, 0.5) is 10.2 Å². The van der Waals surface area contributed by atoms with Gasteiger partial charge in [0.1, 0.15) is 5.82 Å². The molecule has 4 aromatic rings. The summed E-state index contributed by atoms with van der Waals surface area (Å²) in [5.41, 5.74) is 3.10. The number of rotatable bonds is 4. The number of carbonyl (C=O) groups is 1. The van der Waals surface area contributed by atoms with Crippen molar-refractivity contribution in [1.29, 1.82) is 0 Å². The number of halogens is 1. The molecule has 5 rings (SSSR count). The van der Waals surface area contributed by atoms with Gasteiger partial charge in [0.2, 0.25) is 0 Å². The molecule has 2 aromatic carbocycles. The summed E-state index contributed by atoms with van der Waals surface area (Å²) in [5, 5.41) is 15.9. The second-order valence-corrected chi connectivity index (χ2v) is 7.89. The zero-order valence-corrected chi connectivity index (χ0v) is 17.2. The minimum atomic E-state index is -0.265. The maximum Gasteiger partial charge on any atom is 0.272 e. The Balaban J connectivity index is 1.29. The summed E-state index contributed by atoms with van der Waals surface area (Å²) in [6.07, 6.45) is 1.86. The van der Waals surface area contributed by atoms with Gasteiger partial charge in [-0.15, -0.1) is 0 Å². The van der Waals surface area contributed by atoms with E-state index in [-0.39, 0.29) is 17.8 Å². The molecule has 1 aliphatic heterocycles. The second kappa shape index (κ2) is 7.86. The lowest BCUT2D eigenvalue weighted by molar-refractivity contribution is 0.0929. The molecular weight excluding hydrogens is 395 g/mol. The largest absolute Gasteiger partial charge is 0.353 e. The summed E-state index contributed by atoms with van der Waals surface area (Å²) >= 11 is 0. The van der Waals surface area contributed by atoms with Crippen molar-refractivity contribution >= 4 is 22.6 Å². The Morgan fingerprint density at radius 3 is 2.84 bits per heavy atom. The Morgan fingerprint density at radius 1 is 1.19 bits per heavy atom. The molecular formula is C23H23FN6O. The van der Waals surface area contributed by atoms with Gasteiger partial charge in [0, 0.05) is 37.6 Å². The topological polar surface area (TPSA) is 78.8 Å². The Bertz CT molecular complexity index is 1230. The van der Waals surface area contributed by atoms with Gasteiger partial charge < -0.3 is 10.2 Å². The summed E-state index contributed by atoms with van der Waals surface area (Å²) in [7, 11) is 1.84. The molecule has 1 fully saturated rings. The molecule has 0 aliphatic carbocycles. The van der Waals surface area contributed by atoms with Gasteiger partial charge >= 0.3 is 0 Å². The van der Waals surface area contributed by atoms with Crippen molar-refractivity contribution in [1.82, 2.24) is 25.3 Å². The van der Waals surface area contributed by atoms with E-state index >= 15 is 0 Å². The molecule has 3 heterocycles. The third kappa shape index (κ3) is 3.76. The number of nitrogens with zero attached hydrogens (tertiary/aromatic N) is 4. The van der Waals surface area contributed by atoms with Crippen LogP contribution < -0.4 is 10.2 Å². The number of piperidine rings is 1. The number of H-pyrrole nitrogens is 1. The maximum absolute atomic E-state index is 13.2. The Kier molecular flexibility index (Phi) is 4.89. The smallest absolute Gasteiger partial charge is 0.272 e. The van der Waals surface area contributed by atoms with E-state index in [1.54, 1.807) is 16.8 Å². The predicted octanol–water partition coefficient (Wildman–Crippen LogP) is 3.50. The van der Waals surface area contributed by atoms with Crippen molar-refractivity contribution in [2.24, 2.45) is 7.05 Å². The highest BCUT2D eigenvalue weighted by Crippen LogP contribution is 2.25. The molecule has 1 aliphatic rings. The van der Waals surface area contributed by atoms with Crippen LogP contribution in [-0.2, 0) is 7.05 Å². The third-order valence-corrected chi connectivity index (χ3v) is 5.77. The van der Waals surface area contributed by atoms with E-state index in [0.717, 1.165) is 47.4 Å². The maximum atomic E-state index is 13.2. The zero-order valence-electron chi connectivity index (χ0n) is 17.2. The number of aromatic nitrogens is 4. The molecule has 0 bridgehead atoms. The molecule has 1 saturated heterocycles. The molecule has 2 N–H and O–H groups in total. The first-order valence-corrected chi connectivity index (χ1v) is 10.4. The van der Waals surface area contributed by atoms with Crippen LogP contribution in [0.1, 0.15) is 23.3 Å². The summed E-state index contributed by atoms with van der Waals surface area (Å²) in [6, 6.07) is 16.0. The van der Waals surface area contributed by atoms with Gasteiger partial charge in [-0.2, -0.15) is 10.2 Å². The zero-order chi connectivity index (χ0) is 21.4. The van der Waals surface area contributed by atoms with Gasteiger partial charge in [0.05, 0.1) is 11.2 Å². The molecule has 7 nitrogen and oxygen atoms in total. The summed E-state index contributed by atoms with van der Waals surface area (Å²) < 4.78 is 14.9. The van der Waals surface area contributed by atoms with Crippen molar-refractivity contribution in [3.63, 3.8) is 0 Å².